The summed E-state index contributed by atoms with van der Waals surface area (Å²) in [7, 11) is 2.10. The summed E-state index contributed by atoms with van der Waals surface area (Å²) in [5.74, 6) is 0.560. The largest absolute Gasteiger partial charge is 0.381 e. The fraction of sp³-hybridized carbons (Fsp3) is 0.263. The molecular weight excluding hydrogens is 256 g/mol. The van der Waals surface area contributed by atoms with E-state index in [9.17, 15) is 0 Å². The van der Waals surface area contributed by atoms with Gasteiger partial charge in [0.1, 0.15) is 0 Å². The average Bonchev–Trinajstić information content (AvgIpc) is 2.82. The van der Waals surface area contributed by atoms with Crippen LogP contribution in [0.4, 0.5) is 5.69 Å². The van der Waals surface area contributed by atoms with Gasteiger partial charge in [0.25, 0.3) is 0 Å². The Kier molecular flexibility index (Phi) is 3.70. The zero-order valence-electron chi connectivity index (χ0n) is 12.9. The lowest BCUT2D eigenvalue weighted by Gasteiger charge is -2.10. The summed E-state index contributed by atoms with van der Waals surface area (Å²) in [4.78, 5) is 0. The van der Waals surface area contributed by atoms with Crippen molar-refractivity contribution in [1.82, 2.24) is 4.57 Å². The zero-order chi connectivity index (χ0) is 14.8. The molecule has 1 N–H and O–H groups in total. The topological polar surface area (TPSA) is 17.0 Å². The molecule has 0 aliphatic carbocycles. The highest BCUT2D eigenvalue weighted by Crippen LogP contribution is 2.23. The van der Waals surface area contributed by atoms with Crippen LogP contribution in [0.5, 0.6) is 0 Å². The summed E-state index contributed by atoms with van der Waals surface area (Å²) in [5.41, 5.74) is 5.18. The molecule has 3 aromatic rings. The molecule has 0 spiro atoms. The molecule has 0 saturated carbocycles. The summed E-state index contributed by atoms with van der Waals surface area (Å²) in [6.07, 6.45) is 2.21. The standard InChI is InChI=1S/C19H22N2/c1-14(2)15-7-6-8-17(11-15)20-12-16-13-21(3)19-10-5-4-9-18(16)19/h4-11,13-14,20H,12H2,1-3H3. The van der Waals surface area contributed by atoms with E-state index < -0.39 is 0 Å². The number of para-hydroxylation sites is 1. The number of nitrogens with zero attached hydrogens (tertiary/aromatic N) is 1. The van der Waals surface area contributed by atoms with Gasteiger partial charge in [-0.1, -0.05) is 44.2 Å². The maximum absolute atomic E-state index is 3.55. The van der Waals surface area contributed by atoms with Crippen molar-refractivity contribution in [3.8, 4) is 0 Å². The minimum Gasteiger partial charge on any atom is -0.381 e. The van der Waals surface area contributed by atoms with Gasteiger partial charge in [-0.3, -0.25) is 0 Å². The van der Waals surface area contributed by atoms with Crippen LogP contribution in [0.25, 0.3) is 10.9 Å². The van der Waals surface area contributed by atoms with Crippen LogP contribution >= 0.6 is 0 Å². The van der Waals surface area contributed by atoms with Crippen molar-refractivity contribution >= 4 is 16.6 Å². The number of fused-ring (bicyclic) bond motifs is 1. The molecule has 2 heteroatoms. The van der Waals surface area contributed by atoms with Crippen molar-refractivity contribution in [2.24, 2.45) is 7.05 Å². The highest BCUT2D eigenvalue weighted by Gasteiger charge is 2.06. The monoisotopic (exact) mass is 278 g/mol. The number of benzene rings is 2. The Balaban J connectivity index is 1.82. The van der Waals surface area contributed by atoms with Crippen molar-refractivity contribution in [3.63, 3.8) is 0 Å². The first-order valence-corrected chi connectivity index (χ1v) is 7.52. The number of nitrogens with one attached hydrogen (secondary N) is 1. The van der Waals surface area contributed by atoms with E-state index in [1.807, 2.05) is 0 Å². The SMILES string of the molecule is CC(C)c1cccc(NCc2cn(C)c3ccccc23)c1. The third kappa shape index (κ3) is 2.80. The van der Waals surface area contributed by atoms with Crippen LogP contribution in [-0.4, -0.2) is 4.57 Å². The van der Waals surface area contributed by atoms with Gasteiger partial charge < -0.3 is 9.88 Å². The molecule has 0 saturated heterocycles. The number of rotatable bonds is 4. The van der Waals surface area contributed by atoms with Crippen LogP contribution in [0, 0.1) is 0 Å². The summed E-state index contributed by atoms with van der Waals surface area (Å²) in [5, 5.41) is 4.87. The predicted octanol–water partition coefficient (Wildman–Crippen LogP) is 4.91. The molecule has 108 valence electrons. The summed E-state index contributed by atoms with van der Waals surface area (Å²) in [6, 6.07) is 17.2. The third-order valence-corrected chi connectivity index (χ3v) is 4.02. The quantitative estimate of drug-likeness (QED) is 0.717. The first-order chi connectivity index (χ1) is 10.1. The first kappa shape index (κ1) is 13.7. The van der Waals surface area contributed by atoms with Crippen molar-refractivity contribution in [2.45, 2.75) is 26.3 Å². The van der Waals surface area contributed by atoms with Crippen LogP contribution in [0.15, 0.2) is 54.7 Å². The van der Waals surface area contributed by atoms with E-state index in [1.54, 1.807) is 0 Å². The minimum absolute atomic E-state index is 0.560. The molecule has 3 rings (SSSR count). The fourth-order valence-electron chi connectivity index (χ4n) is 2.77. The molecule has 0 unspecified atom stereocenters. The molecule has 0 radical (unpaired) electrons. The number of hydrogen-bond acceptors (Lipinski definition) is 1. The molecule has 0 aliphatic heterocycles. The molecule has 21 heavy (non-hydrogen) atoms. The van der Waals surface area contributed by atoms with E-state index in [4.69, 9.17) is 0 Å². The predicted molar refractivity (Wildman–Crippen MR) is 90.8 cm³/mol. The Morgan fingerprint density at radius 2 is 1.86 bits per heavy atom. The average molecular weight is 278 g/mol. The minimum atomic E-state index is 0.560. The van der Waals surface area contributed by atoms with Crippen molar-refractivity contribution in [2.75, 3.05) is 5.32 Å². The highest BCUT2D eigenvalue weighted by molar-refractivity contribution is 5.84. The maximum Gasteiger partial charge on any atom is 0.0481 e. The Bertz CT molecular complexity index is 753. The first-order valence-electron chi connectivity index (χ1n) is 7.52. The van der Waals surface area contributed by atoms with Crippen molar-refractivity contribution in [3.05, 3.63) is 65.9 Å². The van der Waals surface area contributed by atoms with Gasteiger partial charge in [-0.15, -0.1) is 0 Å². The number of aromatic nitrogens is 1. The second-order valence-corrected chi connectivity index (χ2v) is 5.92. The smallest absolute Gasteiger partial charge is 0.0481 e. The van der Waals surface area contributed by atoms with Crippen molar-refractivity contribution in [1.29, 1.82) is 0 Å². The Morgan fingerprint density at radius 1 is 1.05 bits per heavy atom. The number of anilines is 1. The van der Waals surface area contributed by atoms with Crippen LogP contribution in [0.3, 0.4) is 0 Å². The van der Waals surface area contributed by atoms with Gasteiger partial charge in [0.15, 0.2) is 0 Å². The molecule has 0 atom stereocenters. The summed E-state index contributed by atoms with van der Waals surface area (Å²) < 4.78 is 2.19. The van der Waals surface area contributed by atoms with Gasteiger partial charge in [-0.25, -0.2) is 0 Å². The van der Waals surface area contributed by atoms with E-state index in [2.05, 4.69) is 85.5 Å². The molecule has 0 fully saturated rings. The molecule has 0 aliphatic rings. The lowest BCUT2D eigenvalue weighted by molar-refractivity contribution is 0.866. The van der Waals surface area contributed by atoms with E-state index in [-0.39, 0.29) is 0 Å². The molecule has 1 aromatic heterocycles. The molecule has 0 amide bonds. The lowest BCUT2D eigenvalue weighted by Crippen LogP contribution is -1.99. The maximum atomic E-state index is 3.55. The summed E-state index contributed by atoms with van der Waals surface area (Å²) in [6.45, 7) is 5.30. The number of hydrogen-bond donors (Lipinski definition) is 1. The molecule has 2 aromatic carbocycles. The summed E-state index contributed by atoms with van der Waals surface area (Å²) >= 11 is 0. The van der Waals surface area contributed by atoms with E-state index in [0.717, 1.165) is 6.54 Å². The van der Waals surface area contributed by atoms with Gasteiger partial charge in [0, 0.05) is 36.4 Å². The van der Waals surface area contributed by atoms with Gasteiger partial charge >= 0.3 is 0 Å². The van der Waals surface area contributed by atoms with Crippen LogP contribution in [-0.2, 0) is 13.6 Å². The normalized spacial score (nSPS) is 11.2. The lowest BCUT2D eigenvalue weighted by atomic mass is 10.0. The molecule has 2 nitrogen and oxygen atoms in total. The second-order valence-electron chi connectivity index (χ2n) is 5.92. The van der Waals surface area contributed by atoms with Crippen LogP contribution < -0.4 is 5.32 Å². The van der Waals surface area contributed by atoms with E-state index in [1.165, 1.54) is 27.7 Å². The zero-order valence-corrected chi connectivity index (χ0v) is 12.9. The van der Waals surface area contributed by atoms with Crippen molar-refractivity contribution < 1.29 is 0 Å². The molecular formula is C19H22N2. The Hall–Kier alpha value is -2.22. The van der Waals surface area contributed by atoms with Gasteiger partial charge in [0.05, 0.1) is 0 Å². The van der Waals surface area contributed by atoms with Crippen LogP contribution in [0.1, 0.15) is 30.9 Å². The fourth-order valence-corrected chi connectivity index (χ4v) is 2.77. The number of aryl methyl sites for hydroxylation is 1. The Morgan fingerprint density at radius 3 is 2.67 bits per heavy atom. The van der Waals surface area contributed by atoms with E-state index in [0.29, 0.717) is 5.92 Å². The molecule has 1 heterocycles. The van der Waals surface area contributed by atoms with Gasteiger partial charge in [-0.05, 0) is 35.2 Å². The van der Waals surface area contributed by atoms with E-state index >= 15 is 0 Å². The second kappa shape index (κ2) is 5.65. The Labute approximate surface area is 126 Å². The highest BCUT2D eigenvalue weighted by atomic mass is 14.9. The van der Waals surface area contributed by atoms with Gasteiger partial charge in [-0.2, -0.15) is 0 Å². The van der Waals surface area contributed by atoms with Gasteiger partial charge in [0.2, 0.25) is 0 Å². The molecule has 0 bridgehead atoms. The third-order valence-electron chi connectivity index (χ3n) is 4.02. The van der Waals surface area contributed by atoms with Crippen LogP contribution in [0.2, 0.25) is 0 Å².